The second-order valence-electron chi connectivity index (χ2n) is 5.49. The fourth-order valence-corrected chi connectivity index (χ4v) is 2.46. The fourth-order valence-electron chi connectivity index (χ4n) is 2.46. The van der Waals surface area contributed by atoms with Gasteiger partial charge in [0.25, 0.3) is 0 Å². The van der Waals surface area contributed by atoms with Gasteiger partial charge in [-0.15, -0.1) is 0 Å². The lowest BCUT2D eigenvalue weighted by Crippen LogP contribution is -2.25. The largest absolute Gasteiger partial charge is 0.494 e. The van der Waals surface area contributed by atoms with Crippen LogP contribution >= 0.6 is 0 Å². The van der Waals surface area contributed by atoms with Crippen LogP contribution in [0.5, 0.6) is 11.5 Å². The van der Waals surface area contributed by atoms with Gasteiger partial charge < -0.3 is 14.8 Å². The van der Waals surface area contributed by atoms with E-state index in [9.17, 15) is 0 Å². The number of fused-ring (bicyclic) bond motifs is 1. The quantitative estimate of drug-likeness (QED) is 0.856. The molecular formula is C16H25NO2. The molecule has 0 bridgehead atoms. The lowest BCUT2D eigenvalue weighted by molar-refractivity contribution is 0.254. The lowest BCUT2D eigenvalue weighted by atomic mass is 10.0. The van der Waals surface area contributed by atoms with Gasteiger partial charge in [0.05, 0.1) is 6.61 Å². The number of nitrogens with one attached hydrogen (secondary N) is 1. The van der Waals surface area contributed by atoms with E-state index in [0.717, 1.165) is 30.9 Å². The summed E-state index contributed by atoms with van der Waals surface area (Å²) in [6, 6.07) is 4.83. The number of hydrogen-bond donors (Lipinski definition) is 1. The minimum atomic E-state index is 0.286. The van der Waals surface area contributed by atoms with Crippen LogP contribution in [0.1, 0.15) is 38.8 Å². The zero-order chi connectivity index (χ0) is 13.8. The fraction of sp³-hybridized carbons (Fsp3) is 0.625. The zero-order valence-electron chi connectivity index (χ0n) is 12.5. The number of ether oxygens (including phenoxy) is 2. The van der Waals surface area contributed by atoms with E-state index in [2.05, 4.69) is 38.2 Å². The van der Waals surface area contributed by atoms with E-state index in [1.165, 1.54) is 11.1 Å². The maximum Gasteiger partial charge on any atom is 0.123 e. The summed E-state index contributed by atoms with van der Waals surface area (Å²) in [6.45, 7) is 10.1. The van der Waals surface area contributed by atoms with E-state index >= 15 is 0 Å². The Bertz CT molecular complexity index is 429. The minimum Gasteiger partial charge on any atom is -0.494 e. The topological polar surface area (TPSA) is 30.5 Å². The molecule has 1 aliphatic heterocycles. The van der Waals surface area contributed by atoms with Crippen molar-refractivity contribution in [3.05, 3.63) is 23.3 Å². The Balaban J connectivity index is 2.13. The van der Waals surface area contributed by atoms with E-state index in [-0.39, 0.29) is 6.10 Å². The van der Waals surface area contributed by atoms with Crippen molar-refractivity contribution < 1.29 is 9.47 Å². The first-order valence-corrected chi connectivity index (χ1v) is 7.28. The second kappa shape index (κ2) is 6.29. The van der Waals surface area contributed by atoms with Crippen molar-refractivity contribution in [1.82, 2.24) is 5.32 Å². The van der Waals surface area contributed by atoms with Crippen LogP contribution in [0.2, 0.25) is 0 Å². The van der Waals surface area contributed by atoms with Crippen LogP contribution in [-0.2, 0) is 12.8 Å². The molecule has 1 unspecified atom stereocenters. The maximum atomic E-state index is 5.83. The average Bonchev–Trinajstić information content (AvgIpc) is 2.68. The molecule has 0 fully saturated rings. The van der Waals surface area contributed by atoms with E-state index in [4.69, 9.17) is 9.47 Å². The molecule has 0 amide bonds. The highest BCUT2D eigenvalue weighted by Gasteiger charge is 2.21. The standard InChI is InChI=1S/C16H25NO2/c1-5-18-15-10-14-8-12(4)19-16(14)9-13(15)6-7-17-11(2)3/h9-12,17H,5-8H2,1-4H3. The first kappa shape index (κ1) is 14.2. The molecule has 3 nitrogen and oxygen atoms in total. The molecule has 19 heavy (non-hydrogen) atoms. The van der Waals surface area contributed by atoms with Gasteiger partial charge in [-0.2, -0.15) is 0 Å². The molecule has 0 radical (unpaired) electrons. The number of rotatable bonds is 6. The van der Waals surface area contributed by atoms with E-state index in [1.54, 1.807) is 0 Å². The van der Waals surface area contributed by atoms with Gasteiger partial charge in [0.1, 0.15) is 17.6 Å². The van der Waals surface area contributed by atoms with Crippen LogP contribution in [0, 0.1) is 0 Å². The van der Waals surface area contributed by atoms with Crippen LogP contribution in [0.4, 0.5) is 0 Å². The Hall–Kier alpha value is -1.22. The molecule has 1 N–H and O–H groups in total. The monoisotopic (exact) mass is 263 g/mol. The van der Waals surface area contributed by atoms with Crippen molar-refractivity contribution in [3.8, 4) is 11.5 Å². The van der Waals surface area contributed by atoms with Crippen LogP contribution in [0.15, 0.2) is 12.1 Å². The minimum absolute atomic E-state index is 0.286. The maximum absolute atomic E-state index is 5.83. The molecule has 0 saturated heterocycles. The molecule has 0 saturated carbocycles. The SMILES string of the molecule is CCOc1cc2c(cc1CCNC(C)C)OC(C)C2. The Morgan fingerprint density at radius 2 is 2.21 bits per heavy atom. The van der Waals surface area contributed by atoms with Crippen molar-refractivity contribution in [2.24, 2.45) is 0 Å². The average molecular weight is 263 g/mol. The molecule has 1 aliphatic rings. The summed E-state index contributed by atoms with van der Waals surface area (Å²) in [6.07, 6.45) is 2.24. The normalized spacial score (nSPS) is 17.4. The molecule has 0 aliphatic carbocycles. The lowest BCUT2D eigenvalue weighted by Gasteiger charge is -2.14. The van der Waals surface area contributed by atoms with Crippen molar-refractivity contribution in [2.45, 2.75) is 52.7 Å². The molecule has 1 aromatic carbocycles. The van der Waals surface area contributed by atoms with Gasteiger partial charge in [-0.05, 0) is 44.5 Å². The third-order valence-corrected chi connectivity index (χ3v) is 3.33. The molecular weight excluding hydrogens is 238 g/mol. The number of benzene rings is 1. The van der Waals surface area contributed by atoms with Gasteiger partial charge in [-0.1, -0.05) is 13.8 Å². The van der Waals surface area contributed by atoms with E-state index in [0.29, 0.717) is 12.6 Å². The summed E-state index contributed by atoms with van der Waals surface area (Å²) in [7, 11) is 0. The van der Waals surface area contributed by atoms with Gasteiger partial charge in [0.15, 0.2) is 0 Å². The van der Waals surface area contributed by atoms with Crippen LogP contribution in [0.3, 0.4) is 0 Å². The van der Waals surface area contributed by atoms with Gasteiger partial charge in [0.2, 0.25) is 0 Å². The predicted molar refractivity (Wildman–Crippen MR) is 78.2 cm³/mol. The van der Waals surface area contributed by atoms with Crippen LogP contribution in [0.25, 0.3) is 0 Å². The highest BCUT2D eigenvalue weighted by Crippen LogP contribution is 2.35. The summed E-state index contributed by atoms with van der Waals surface area (Å²) in [4.78, 5) is 0. The molecule has 1 aromatic rings. The zero-order valence-corrected chi connectivity index (χ0v) is 12.5. The Kier molecular flexibility index (Phi) is 4.70. The molecule has 2 rings (SSSR count). The Morgan fingerprint density at radius 1 is 1.42 bits per heavy atom. The third-order valence-electron chi connectivity index (χ3n) is 3.33. The van der Waals surface area contributed by atoms with Crippen LogP contribution in [-0.4, -0.2) is 25.3 Å². The second-order valence-corrected chi connectivity index (χ2v) is 5.49. The van der Waals surface area contributed by atoms with Crippen LogP contribution < -0.4 is 14.8 Å². The molecule has 0 spiro atoms. The molecule has 3 heteroatoms. The molecule has 0 aromatic heterocycles. The van der Waals surface area contributed by atoms with Crippen molar-refractivity contribution in [1.29, 1.82) is 0 Å². The van der Waals surface area contributed by atoms with Gasteiger partial charge in [-0.3, -0.25) is 0 Å². The summed E-state index contributed by atoms with van der Waals surface area (Å²) in [5, 5.41) is 3.44. The summed E-state index contributed by atoms with van der Waals surface area (Å²) in [5.41, 5.74) is 2.51. The van der Waals surface area contributed by atoms with E-state index < -0.39 is 0 Å². The molecule has 1 atom stereocenters. The van der Waals surface area contributed by atoms with Crippen molar-refractivity contribution >= 4 is 0 Å². The highest BCUT2D eigenvalue weighted by molar-refractivity contribution is 5.48. The predicted octanol–water partition coefficient (Wildman–Crippen LogP) is 2.95. The Morgan fingerprint density at radius 3 is 2.89 bits per heavy atom. The van der Waals surface area contributed by atoms with Crippen molar-refractivity contribution in [2.75, 3.05) is 13.2 Å². The summed E-state index contributed by atoms with van der Waals surface area (Å²) < 4.78 is 11.6. The Labute approximate surface area is 116 Å². The first-order chi connectivity index (χ1) is 9.10. The van der Waals surface area contributed by atoms with Gasteiger partial charge >= 0.3 is 0 Å². The highest BCUT2D eigenvalue weighted by atomic mass is 16.5. The number of hydrogen-bond acceptors (Lipinski definition) is 3. The third kappa shape index (κ3) is 3.63. The smallest absolute Gasteiger partial charge is 0.123 e. The molecule has 1 heterocycles. The van der Waals surface area contributed by atoms with Gasteiger partial charge in [-0.25, -0.2) is 0 Å². The molecule has 106 valence electrons. The summed E-state index contributed by atoms with van der Waals surface area (Å²) >= 11 is 0. The van der Waals surface area contributed by atoms with Crippen molar-refractivity contribution in [3.63, 3.8) is 0 Å². The summed E-state index contributed by atoms with van der Waals surface area (Å²) in [5.74, 6) is 2.06. The van der Waals surface area contributed by atoms with E-state index in [1.807, 2.05) is 6.92 Å². The van der Waals surface area contributed by atoms with Gasteiger partial charge in [0, 0.05) is 18.0 Å². The first-order valence-electron chi connectivity index (χ1n) is 7.28.